The summed E-state index contributed by atoms with van der Waals surface area (Å²) in [6, 6.07) is 10.0. The van der Waals surface area contributed by atoms with E-state index >= 15 is 0 Å². The van der Waals surface area contributed by atoms with Gasteiger partial charge in [0.1, 0.15) is 24.7 Å². The molecule has 0 radical (unpaired) electrons. The Kier molecular flexibility index (Phi) is 7.38. The van der Waals surface area contributed by atoms with Crippen LogP contribution in [0.2, 0.25) is 0 Å². The third kappa shape index (κ3) is 6.29. The first-order valence-electron chi connectivity index (χ1n) is 9.32. The maximum atomic E-state index is 12.2. The zero-order chi connectivity index (χ0) is 19.0. The van der Waals surface area contributed by atoms with Crippen molar-refractivity contribution in [2.24, 2.45) is 0 Å². The highest BCUT2D eigenvalue weighted by Crippen LogP contribution is 2.22. The lowest BCUT2D eigenvalue weighted by atomic mass is 9.86. The number of hydrogen-bond acceptors (Lipinski definition) is 3. The number of hydrogen-bond donors (Lipinski definition) is 2. The van der Waals surface area contributed by atoms with Crippen molar-refractivity contribution in [1.29, 1.82) is 5.26 Å². The summed E-state index contributed by atoms with van der Waals surface area (Å²) in [5.41, 5.74) is 2.32. The number of ether oxygens (including phenoxy) is 1. The second kappa shape index (κ2) is 9.51. The van der Waals surface area contributed by atoms with Crippen LogP contribution in [0, 0.1) is 11.3 Å². The molecule has 0 unspecified atom stereocenters. The molecule has 5 nitrogen and oxygen atoms in total. The van der Waals surface area contributed by atoms with E-state index in [0.717, 1.165) is 44.8 Å². The Morgan fingerprint density at radius 1 is 1.27 bits per heavy atom. The quantitative estimate of drug-likeness (QED) is 0.459. The Bertz CT molecular complexity index is 660. The number of carbonyl (C=O) groups is 1. The van der Waals surface area contributed by atoms with Crippen LogP contribution in [0.15, 0.2) is 29.8 Å². The van der Waals surface area contributed by atoms with Gasteiger partial charge < -0.3 is 15.0 Å². The molecule has 2 rings (SSSR count). The second-order valence-electron chi connectivity index (χ2n) is 7.76. The van der Waals surface area contributed by atoms with E-state index in [2.05, 4.69) is 26.1 Å². The third-order valence-electron chi connectivity index (χ3n) is 4.65. The van der Waals surface area contributed by atoms with Crippen LogP contribution in [0.25, 0.3) is 6.08 Å². The van der Waals surface area contributed by atoms with E-state index in [-0.39, 0.29) is 16.9 Å². The van der Waals surface area contributed by atoms with Gasteiger partial charge in [-0.15, -0.1) is 0 Å². The standard InChI is InChI=1S/C21H29N3O2/c1-21(2,3)19-7-5-17(6-8-19)15-18(16-22)20(25)23-9-4-10-24-11-13-26-14-12-24/h5-8,15H,4,9-14H2,1-3H3,(H,23,25)/p+1/b18-15+. The summed E-state index contributed by atoms with van der Waals surface area (Å²) in [5, 5.41) is 12.2. The molecule has 0 bridgehead atoms. The predicted molar refractivity (Wildman–Crippen MR) is 103 cm³/mol. The first-order valence-corrected chi connectivity index (χ1v) is 9.32. The molecular weight excluding hydrogens is 326 g/mol. The van der Waals surface area contributed by atoms with Crippen molar-refractivity contribution >= 4 is 12.0 Å². The van der Waals surface area contributed by atoms with Crippen LogP contribution >= 0.6 is 0 Å². The highest BCUT2D eigenvalue weighted by Gasteiger charge is 2.15. The van der Waals surface area contributed by atoms with Crippen LogP contribution in [-0.2, 0) is 14.9 Å². The van der Waals surface area contributed by atoms with Crippen molar-refractivity contribution in [2.45, 2.75) is 32.6 Å². The Morgan fingerprint density at radius 3 is 2.50 bits per heavy atom. The Balaban J connectivity index is 1.85. The maximum absolute atomic E-state index is 12.2. The number of morpholine rings is 1. The Hall–Kier alpha value is -2.16. The third-order valence-corrected chi connectivity index (χ3v) is 4.65. The molecule has 1 saturated heterocycles. The predicted octanol–water partition coefficient (Wildman–Crippen LogP) is 1.31. The van der Waals surface area contributed by atoms with E-state index in [1.807, 2.05) is 30.3 Å². The van der Waals surface area contributed by atoms with Gasteiger partial charge in [0.25, 0.3) is 5.91 Å². The summed E-state index contributed by atoms with van der Waals surface area (Å²) in [6.07, 6.45) is 2.55. The van der Waals surface area contributed by atoms with Crippen LogP contribution in [0.5, 0.6) is 0 Å². The van der Waals surface area contributed by atoms with E-state index < -0.39 is 0 Å². The number of quaternary nitrogens is 1. The highest BCUT2D eigenvalue weighted by molar-refractivity contribution is 6.01. The average Bonchev–Trinajstić information content (AvgIpc) is 2.63. The van der Waals surface area contributed by atoms with Crippen LogP contribution in [0.1, 0.15) is 38.3 Å². The molecule has 2 N–H and O–H groups in total. The van der Waals surface area contributed by atoms with Crippen LogP contribution in [0.4, 0.5) is 0 Å². The fraction of sp³-hybridized carbons (Fsp3) is 0.524. The molecule has 1 aliphatic heterocycles. The molecule has 5 heteroatoms. The molecule has 1 aromatic carbocycles. The molecule has 1 amide bonds. The van der Waals surface area contributed by atoms with Gasteiger partial charge >= 0.3 is 0 Å². The zero-order valence-corrected chi connectivity index (χ0v) is 16.1. The van der Waals surface area contributed by atoms with Crippen LogP contribution < -0.4 is 10.2 Å². The van der Waals surface area contributed by atoms with Gasteiger partial charge in [0.15, 0.2) is 0 Å². The van der Waals surface area contributed by atoms with E-state index in [1.54, 1.807) is 6.08 Å². The Morgan fingerprint density at radius 2 is 1.92 bits per heavy atom. The smallest absolute Gasteiger partial charge is 0.261 e. The van der Waals surface area contributed by atoms with Gasteiger partial charge in [-0.25, -0.2) is 0 Å². The fourth-order valence-electron chi connectivity index (χ4n) is 2.94. The SMILES string of the molecule is CC(C)(C)c1ccc(/C=C(\C#N)C(=O)NCCC[NH+]2CCOCC2)cc1. The summed E-state index contributed by atoms with van der Waals surface area (Å²) in [6.45, 7) is 11.8. The van der Waals surface area contributed by atoms with Crippen molar-refractivity contribution in [3.63, 3.8) is 0 Å². The van der Waals surface area contributed by atoms with E-state index in [1.165, 1.54) is 10.5 Å². The lowest BCUT2D eigenvalue weighted by Gasteiger charge is -2.23. The van der Waals surface area contributed by atoms with Gasteiger partial charge in [-0.3, -0.25) is 4.79 Å². The Labute approximate surface area is 156 Å². The molecule has 0 saturated carbocycles. The highest BCUT2D eigenvalue weighted by atomic mass is 16.5. The minimum atomic E-state index is -0.302. The zero-order valence-electron chi connectivity index (χ0n) is 16.1. The maximum Gasteiger partial charge on any atom is 0.261 e. The van der Waals surface area contributed by atoms with Crippen molar-refractivity contribution < 1.29 is 14.4 Å². The first-order chi connectivity index (χ1) is 12.4. The molecule has 0 spiro atoms. The van der Waals surface area contributed by atoms with Gasteiger partial charge in [-0.1, -0.05) is 45.0 Å². The number of rotatable bonds is 6. The van der Waals surface area contributed by atoms with Gasteiger partial charge in [0, 0.05) is 13.0 Å². The summed E-state index contributed by atoms with van der Waals surface area (Å²) in [5.74, 6) is -0.302. The summed E-state index contributed by atoms with van der Waals surface area (Å²) < 4.78 is 5.34. The lowest BCUT2D eigenvalue weighted by Crippen LogP contribution is -3.14. The van der Waals surface area contributed by atoms with Crippen molar-refractivity contribution in [1.82, 2.24) is 5.32 Å². The monoisotopic (exact) mass is 356 g/mol. The molecule has 1 aromatic rings. The number of benzene rings is 1. The van der Waals surface area contributed by atoms with Crippen LogP contribution in [0.3, 0.4) is 0 Å². The molecule has 0 aliphatic carbocycles. The molecule has 0 aromatic heterocycles. The van der Waals surface area contributed by atoms with Gasteiger partial charge in [0.2, 0.25) is 0 Å². The van der Waals surface area contributed by atoms with E-state index in [9.17, 15) is 10.1 Å². The van der Waals surface area contributed by atoms with Crippen LogP contribution in [-0.4, -0.2) is 45.3 Å². The molecule has 0 atom stereocenters. The van der Waals surface area contributed by atoms with Gasteiger partial charge in [-0.2, -0.15) is 5.26 Å². The van der Waals surface area contributed by atoms with E-state index in [0.29, 0.717) is 6.54 Å². The number of carbonyl (C=O) groups excluding carboxylic acids is 1. The van der Waals surface area contributed by atoms with Crippen molar-refractivity contribution in [3.8, 4) is 6.07 Å². The number of nitrogens with zero attached hydrogens (tertiary/aromatic N) is 1. The molecule has 1 heterocycles. The fourth-order valence-corrected chi connectivity index (χ4v) is 2.94. The van der Waals surface area contributed by atoms with Gasteiger partial charge in [0.05, 0.1) is 19.8 Å². The van der Waals surface area contributed by atoms with E-state index in [4.69, 9.17) is 4.74 Å². The molecule has 26 heavy (non-hydrogen) atoms. The molecule has 1 aliphatic rings. The minimum absolute atomic E-state index is 0.0835. The second-order valence-corrected chi connectivity index (χ2v) is 7.76. The normalized spacial score (nSPS) is 16.2. The van der Waals surface area contributed by atoms with Gasteiger partial charge in [-0.05, 0) is 22.6 Å². The topological polar surface area (TPSA) is 66.6 Å². The number of nitriles is 1. The lowest BCUT2D eigenvalue weighted by molar-refractivity contribution is -0.908. The summed E-state index contributed by atoms with van der Waals surface area (Å²) in [7, 11) is 0. The average molecular weight is 356 g/mol. The number of nitrogens with one attached hydrogen (secondary N) is 2. The first kappa shape index (κ1) is 20.2. The molecular formula is C21H30N3O2+. The van der Waals surface area contributed by atoms with Crippen molar-refractivity contribution in [2.75, 3.05) is 39.4 Å². The summed E-state index contributed by atoms with van der Waals surface area (Å²) >= 11 is 0. The molecule has 1 fully saturated rings. The van der Waals surface area contributed by atoms with Crippen molar-refractivity contribution in [3.05, 3.63) is 41.0 Å². The summed E-state index contributed by atoms with van der Waals surface area (Å²) in [4.78, 5) is 13.7. The molecule has 140 valence electrons. The number of amides is 1. The minimum Gasteiger partial charge on any atom is -0.370 e. The largest absolute Gasteiger partial charge is 0.370 e.